The van der Waals surface area contributed by atoms with E-state index >= 15 is 0 Å². The SMILES string of the molecule is CCNC1CCC(C)(C)CC1N(C)CC1CC1C. The van der Waals surface area contributed by atoms with Gasteiger partial charge in [0.05, 0.1) is 0 Å². The van der Waals surface area contributed by atoms with Gasteiger partial charge in [0.25, 0.3) is 0 Å². The van der Waals surface area contributed by atoms with E-state index in [4.69, 9.17) is 0 Å². The van der Waals surface area contributed by atoms with Crippen molar-refractivity contribution in [3.8, 4) is 0 Å². The second-order valence-corrected chi connectivity index (χ2v) is 7.55. The number of nitrogens with one attached hydrogen (secondary N) is 1. The molecule has 18 heavy (non-hydrogen) atoms. The predicted molar refractivity (Wildman–Crippen MR) is 78.8 cm³/mol. The quantitative estimate of drug-likeness (QED) is 0.809. The van der Waals surface area contributed by atoms with Gasteiger partial charge in [0.1, 0.15) is 0 Å². The zero-order valence-corrected chi connectivity index (χ0v) is 13.0. The molecule has 0 aromatic carbocycles. The fourth-order valence-electron chi connectivity index (χ4n) is 3.67. The molecular formula is C16H32N2. The zero-order chi connectivity index (χ0) is 13.3. The van der Waals surface area contributed by atoms with E-state index < -0.39 is 0 Å². The van der Waals surface area contributed by atoms with E-state index in [-0.39, 0.29) is 0 Å². The number of rotatable bonds is 5. The third kappa shape index (κ3) is 3.48. The Morgan fingerprint density at radius 3 is 2.56 bits per heavy atom. The van der Waals surface area contributed by atoms with Crippen molar-refractivity contribution in [3.05, 3.63) is 0 Å². The van der Waals surface area contributed by atoms with Crippen molar-refractivity contribution in [2.75, 3.05) is 20.1 Å². The Balaban J connectivity index is 1.94. The highest BCUT2D eigenvalue weighted by molar-refractivity contribution is 4.95. The lowest BCUT2D eigenvalue weighted by molar-refractivity contribution is 0.0789. The number of nitrogens with zero attached hydrogens (tertiary/aromatic N) is 1. The second-order valence-electron chi connectivity index (χ2n) is 7.55. The van der Waals surface area contributed by atoms with Crippen LogP contribution in [0, 0.1) is 17.3 Å². The van der Waals surface area contributed by atoms with Crippen molar-refractivity contribution in [3.63, 3.8) is 0 Å². The molecule has 2 aliphatic carbocycles. The number of hydrogen-bond acceptors (Lipinski definition) is 2. The van der Waals surface area contributed by atoms with Gasteiger partial charge in [0.2, 0.25) is 0 Å². The van der Waals surface area contributed by atoms with Crippen LogP contribution < -0.4 is 5.32 Å². The molecule has 2 rings (SSSR count). The van der Waals surface area contributed by atoms with Gasteiger partial charge >= 0.3 is 0 Å². The minimum absolute atomic E-state index is 0.528. The molecule has 1 N–H and O–H groups in total. The highest BCUT2D eigenvalue weighted by atomic mass is 15.2. The van der Waals surface area contributed by atoms with Gasteiger partial charge < -0.3 is 10.2 Å². The summed E-state index contributed by atoms with van der Waals surface area (Å²) < 4.78 is 0. The van der Waals surface area contributed by atoms with Crippen molar-refractivity contribution < 1.29 is 0 Å². The monoisotopic (exact) mass is 252 g/mol. The molecule has 0 aliphatic heterocycles. The molecule has 2 aliphatic rings. The van der Waals surface area contributed by atoms with E-state index in [0.717, 1.165) is 24.4 Å². The van der Waals surface area contributed by atoms with Crippen molar-refractivity contribution in [2.45, 2.75) is 65.5 Å². The van der Waals surface area contributed by atoms with Gasteiger partial charge in [-0.05, 0) is 56.5 Å². The highest BCUT2D eigenvalue weighted by Gasteiger charge is 2.39. The highest BCUT2D eigenvalue weighted by Crippen LogP contribution is 2.41. The molecule has 2 nitrogen and oxygen atoms in total. The Bertz CT molecular complexity index is 274. The summed E-state index contributed by atoms with van der Waals surface area (Å²) in [4.78, 5) is 2.66. The van der Waals surface area contributed by atoms with Crippen molar-refractivity contribution in [2.24, 2.45) is 17.3 Å². The third-order valence-electron chi connectivity index (χ3n) is 5.19. The molecule has 4 atom stereocenters. The Hall–Kier alpha value is -0.0800. The smallest absolute Gasteiger partial charge is 0.0251 e. The molecular weight excluding hydrogens is 220 g/mol. The van der Waals surface area contributed by atoms with Crippen LogP contribution in [0.3, 0.4) is 0 Å². The van der Waals surface area contributed by atoms with Gasteiger partial charge in [-0.25, -0.2) is 0 Å². The number of likely N-dealkylation sites (N-methyl/N-ethyl adjacent to an activating group) is 2. The maximum absolute atomic E-state index is 3.72. The summed E-state index contributed by atoms with van der Waals surface area (Å²) in [6, 6.07) is 1.45. The molecule has 0 aromatic heterocycles. The minimum atomic E-state index is 0.528. The van der Waals surface area contributed by atoms with E-state index in [1.807, 2.05) is 0 Å². The molecule has 0 spiro atoms. The van der Waals surface area contributed by atoms with Gasteiger partial charge in [-0.3, -0.25) is 0 Å². The molecule has 2 fully saturated rings. The summed E-state index contributed by atoms with van der Waals surface area (Å²) in [5, 5.41) is 3.72. The first kappa shape index (κ1) is 14.3. The summed E-state index contributed by atoms with van der Waals surface area (Å²) in [6.45, 7) is 11.9. The minimum Gasteiger partial charge on any atom is -0.313 e. The molecule has 0 saturated heterocycles. The molecule has 106 valence electrons. The standard InChI is InChI=1S/C16H32N2/c1-6-17-14-7-8-16(3,4)10-15(14)18(5)11-13-9-12(13)2/h12-15,17H,6-11H2,1-5H3. The van der Waals surface area contributed by atoms with Gasteiger partial charge in [-0.2, -0.15) is 0 Å². The first-order chi connectivity index (χ1) is 8.43. The van der Waals surface area contributed by atoms with Crippen LogP contribution in [0.5, 0.6) is 0 Å². The molecule has 2 heteroatoms. The topological polar surface area (TPSA) is 15.3 Å². The zero-order valence-electron chi connectivity index (χ0n) is 13.0. The van der Waals surface area contributed by atoms with Crippen molar-refractivity contribution >= 4 is 0 Å². The molecule has 0 aromatic rings. The molecule has 0 radical (unpaired) electrons. The average molecular weight is 252 g/mol. The lowest BCUT2D eigenvalue weighted by Gasteiger charge is -2.45. The largest absolute Gasteiger partial charge is 0.313 e. The molecule has 0 amide bonds. The van der Waals surface area contributed by atoms with E-state index in [9.17, 15) is 0 Å². The van der Waals surface area contributed by atoms with Crippen LogP contribution in [-0.4, -0.2) is 37.1 Å². The fourth-order valence-corrected chi connectivity index (χ4v) is 3.67. The lowest BCUT2D eigenvalue weighted by atomic mass is 9.72. The molecule has 2 saturated carbocycles. The van der Waals surface area contributed by atoms with E-state index in [0.29, 0.717) is 11.5 Å². The van der Waals surface area contributed by atoms with E-state index in [1.165, 1.54) is 32.2 Å². The maximum atomic E-state index is 3.72. The summed E-state index contributed by atoms with van der Waals surface area (Å²) in [7, 11) is 2.35. The predicted octanol–water partition coefficient (Wildman–Crippen LogP) is 3.13. The van der Waals surface area contributed by atoms with Crippen LogP contribution >= 0.6 is 0 Å². The van der Waals surface area contributed by atoms with Crippen LogP contribution in [0.1, 0.15) is 53.4 Å². The number of hydrogen-bond donors (Lipinski definition) is 1. The Kier molecular flexibility index (Phi) is 4.38. The van der Waals surface area contributed by atoms with Gasteiger partial charge in [-0.15, -0.1) is 0 Å². The van der Waals surface area contributed by atoms with Crippen LogP contribution in [0.25, 0.3) is 0 Å². The van der Waals surface area contributed by atoms with Gasteiger partial charge in [0.15, 0.2) is 0 Å². The molecule has 0 heterocycles. The van der Waals surface area contributed by atoms with Gasteiger partial charge in [0, 0.05) is 18.6 Å². The van der Waals surface area contributed by atoms with Crippen LogP contribution in [0.15, 0.2) is 0 Å². The van der Waals surface area contributed by atoms with Crippen molar-refractivity contribution in [1.82, 2.24) is 10.2 Å². The van der Waals surface area contributed by atoms with Crippen LogP contribution in [0.4, 0.5) is 0 Å². The third-order valence-corrected chi connectivity index (χ3v) is 5.19. The fraction of sp³-hybridized carbons (Fsp3) is 1.00. The van der Waals surface area contributed by atoms with Crippen molar-refractivity contribution in [1.29, 1.82) is 0 Å². The second kappa shape index (κ2) is 5.50. The van der Waals surface area contributed by atoms with E-state index in [2.05, 4.69) is 45.0 Å². The maximum Gasteiger partial charge on any atom is 0.0251 e. The Morgan fingerprint density at radius 2 is 2.00 bits per heavy atom. The summed E-state index contributed by atoms with van der Waals surface area (Å²) in [6.07, 6.45) is 5.51. The Labute approximate surface area is 114 Å². The Morgan fingerprint density at radius 1 is 1.33 bits per heavy atom. The first-order valence-corrected chi connectivity index (χ1v) is 7.86. The summed E-state index contributed by atoms with van der Waals surface area (Å²) in [5.74, 6) is 1.95. The van der Waals surface area contributed by atoms with Crippen LogP contribution in [0.2, 0.25) is 0 Å². The summed E-state index contributed by atoms with van der Waals surface area (Å²) >= 11 is 0. The van der Waals surface area contributed by atoms with Crippen LogP contribution in [-0.2, 0) is 0 Å². The van der Waals surface area contributed by atoms with Gasteiger partial charge in [-0.1, -0.05) is 27.7 Å². The lowest BCUT2D eigenvalue weighted by Crippen LogP contribution is -2.54. The molecule has 4 unspecified atom stereocenters. The molecule has 0 bridgehead atoms. The average Bonchev–Trinajstić information content (AvgIpc) is 2.97. The normalized spacial score (nSPS) is 39.0. The first-order valence-electron chi connectivity index (χ1n) is 7.86. The van der Waals surface area contributed by atoms with E-state index in [1.54, 1.807) is 0 Å². The summed E-state index contributed by atoms with van der Waals surface area (Å²) in [5.41, 5.74) is 0.528.